The van der Waals surface area contributed by atoms with Gasteiger partial charge in [-0.1, -0.05) is 0 Å². The first-order valence-corrected chi connectivity index (χ1v) is 7.92. The molecular weight excluding hydrogens is 290 g/mol. The van der Waals surface area contributed by atoms with Gasteiger partial charge in [-0.25, -0.2) is 4.79 Å². The minimum Gasteiger partial charge on any atom is -0.548 e. The lowest BCUT2D eigenvalue weighted by Crippen LogP contribution is -2.60. The largest absolute Gasteiger partial charge is 0.548 e. The summed E-state index contributed by atoms with van der Waals surface area (Å²) >= 11 is 1.50. The van der Waals surface area contributed by atoms with Crippen LogP contribution in [0.5, 0.6) is 0 Å². The first-order chi connectivity index (χ1) is 9.74. The number of hydrogen-bond donors (Lipinski definition) is 0. The lowest BCUT2D eigenvalue weighted by Gasteiger charge is -2.39. The third-order valence-electron chi connectivity index (χ3n) is 3.56. The summed E-state index contributed by atoms with van der Waals surface area (Å²) in [6, 6.07) is 1.88. The quantitative estimate of drug-likeness (QED) is 0.854. The molecule has 1 saturated heterocycles. The summed E-state index contributed by atoms with van der Waals surface area (Å²) in [6.07, 6.45) is 0.708. The lowest BCUT2D eigenvalue weighted by atomic mass is 9.89. The number of likely N-dealkylation sites (tertiary alicyclic amines) is 1. The van der Waals surface area contributed by atoms with Crippen molar-refractivity contribution < 1.29 is 19.4 Å². The number of carboxylic acids is 1. The van der Waals surface area contributed by atoms with Crippen molar-refractivity contribution in [1.29, 1.82) is 0 Å². The summed E-state index contributed by atoms with van der Waals surface area (Å²) in [7, 11) is 0. The van der Waals surface area contributed by atoms with Crippen LogP contribution in [0.4, 0.5) is 4.79 Å². The van der Waals surface area contributed by atoms with Gasteiger partial charge in [-0.2, -0.15) is 11.3 Å². The highest BCUT2D eigenvalue weighted by atomic mass is 32.1. The monoisotopic (exact) mass is 310 g/mol. The zero-order valence-corrected chi connectivity index (χ0v) is 13.4. The molecule has 1 aromatic rings. The number of rotatable bonds is 3. The Morgan fingerprint density at radius 3 is 2.71 bits per heavy atom. The molecule has 6 heteroatoms. The maximum absolute atomic E-state index is 12.3. The normalized spacial score (nSPS) is 22.3. The topological polar surface area (TPSA) is 69.7 Å². The number of hydrogen-bond acceptors (Lipinski definition) is 5. The van der Waals surface area contributed by atoms with Crippen molar-refractivity contribution in [3.05, 3.63) is 22.4 Å². The van der Waals surface area contributed by atoms with Gasteiger partial charge < -0.3 is 14.6 Å². The van der Waals surface area contributed by atoms with Gasteiger partial charge in [0.2, 0.25) is 0 Å². The van der Waals surface area contributed by atoms with Crippen LogP contribution in [0.2, 0.25) is 0 Å². The predicted molar refractivity (Wildman–Crippen MR) is 77.9 cm³/mol. The number of thiophene rings is 1. The van der Waals surface area contributed by atoms with E-state index in [0.29, 0.717) is 19.4 Å². The van der Waals surface area contributed by atoms with Gasteiger partial charge in [-0.3, -0.25) is 4.90 Å². The summed E-state index contributed by atoms with van der Waals surface area (Å²) in [6.45, 7) is 5.68. The fourth-order valence-corrected chi connectivity index (χ4v) is 3.33. The van der Waals surface area contributed by atoms with Crippen LogP contribution in [0.25, 0.3) is 0 Å². The van der Waals surface area contributed by atoms with E-state index in [1.807, 2.05) is 16.8 Å². The first-order valence-electron chi connectivity index (χ1n) is 6.98. The van der Waals surface area contributed by atoms with Gasteiger partial charge in [0, 0.05) is 13.0 Å². The summed E-state index contributed by atoms with van der Waals surface area (Å²) in [5, 5.41) is 15.6. The molecule has 0 aromatic carbocycles. The van der Waals surface area contributed by atoms with Crippen LogP contribution < -0.4 is 5.11 Å². The van der Waals surface area contributed by atoms with Gasteiger partial charge in [-0.15, -0.1) is 0 Å². The summed E-state index contributed by atoms with van der Waals surface area (Å²) in [4.78, 5) is 25.4. The molecule has 2 rings (SSSR count). The van der Waals surface area contributed by atoms with Crippen LogP contribution >= 0.6 is 11.3 Å². The fraction of sp³-hybridized carbons (Fsp3) is 0.600. The van der Waals surface area contributed by atoms with Crippen molar-refractivity contribution in [2.45, 2.75) is 51.2 Å². The van der Waals surface area contributed by atoms with E-state index >= 15 is 0 Å². The molecule has 0 bridgehead atoms. The standard InChI is InChI=1S/C15H21NO4S/c1-14(2,3)20-13(19)16-7-4-6-15(16,12(17)18)9-11-5-8-21-10-11/h5,8,10H,4,6-7,9H2,1-3H3,(H,17,18)/p-1/t15-/m1/s1. The van der Waals surface area contributed by atoms with E-state index in [9.17, 15) is 14.7 Å². The molecule has 1 aliphatic heterocycles. The highest BCUT2D eigenvalue weighted by Crippen LogP contribution is 2.34. The van der Waals surface area contributed by atoms with Crippen LogP contribution in [0.15, 0.2) is 16.8 Å². The van der Waals surface area contributed by atoms with E-state index in [4.69, 9.17) is 4.74 Å². The minimum absolute atomic E-state index is 0.262. The SMILES string of the molecule is CC(C)(C)OC(=O)N1CCC[C@@]1(Cc1ccsc1)C(=O)[O-]. The average molecular weight is 310 g/mol. The second-order valence-electron chi connectivity index (χ2n) is 6.36. The van der Waals surface area contributed by atoms with Crippen LogP contribution in [0.1, 0.15) is 39.2 Å². The molecule has 1 amide bonds. The molecule has 1 atom stereocenters. The van der Waals surface area contributed by atoms with Gasteiger partial charge in [0.1, 0.15) is 5.60 Å². The molecule has 0 unspecified atom stereocenters. The predicted octanol–water partition coefficient (Wildman–Crippen LogP) is 1.81. The van der Waals surface area contributed by atoms with Gasteiger partial charge >= 0.3 is 6.09 Å². The van der Waals surface area contributed by atoms with Crippen molar-refractivity contribution >= 4 is 23.4 Å². The fourth-order valence-electron chi connectivity index (χ4n) is 2.66. The molecule has 5 nitrogen and oxygen atoms in total. The van der Waals surface area contributed by atoms with E-state index in [-0.39, 0.29) is 6.42 Å². The van der Waals surface area contributed by atoms with E-state index in [1.165, 1.54) is 16.2 Å². The summed E-state index contributed by atoms with van der Waals surface area (Å²) in [5.41, 5.74) is -1.05. The van der Waals surface area contributed by atoms with E-state index in [2.05, 4.69) is 0 Å². The number of amides is 1. The average Bonchev–Trinajstić information content (AvgIpc) is 2.96. The van der Waals surface area contributed by atoms with Crippen LogP contribution in [-0.2, 0) is 16.0 Å². The second-order valence-corrected chi connectivity index (χ2v) is 7.14. The van der Waals surface area contributed by atoms with Gasteiger partial charge in [0.25, 0.3) is 0 Å². The Kier molecular flexibility index (Phi) is 4.27. The van der Waals surface area contributed by atoms with E-state index in [1.54, 1.807) is 20.8 Å². The molecule has 21 heavy (non-hydrogen) atoms. The van der Waals surface area contributed by atoms with Crippen molar-refractivity contribution in [1.82, 2.24) is 4.90 Å². The Morgan fingerprint density at radius 2 is 2.19 bits per heavy atom. The Balaban J connectivity index is 2.26. The van der Waals surface area contributed by atoms with Crippen molar-refractivity contribution in [2.75, 3.05) is 6.54 Å². The molecule has 0 aliphatic carbocycles. The number of carboxylic acid groups (broad SMARTS) is 1. The minimum atomic E-state index is -1.30. The molecule has 116 valence electrons. The highest BCUT2D eigenvalue weighted by Gasteiger charge is 2.46. The molecule has 0 N–H and O–H groups in total. The molecule has 0 radical (unpaired) electrons. The third kappa shape index (κ3) is 3.37. The van der Waals surface area contributed by atoms with Crippen molar-refractivity contribution in [3.8, 4) is 0 Å². The van der Waals surface area contributed by atoms with Crippen LogP contribution in [-0.4, -0.2) is 34.6 Å². The van der Waals surface area contributed by atoms with Gasteiger partial charge in [0.15, 0.2) is 0 Å². The Bertz CT molecular complexity index is 520. The Hall–Kier alpha value is -1.56. The number of carbonyl (C=O) groups excluding carboxylic acids is 2. The maximum atomic E-state index is 12.3. The molecule has 0 spiro atoms. The molecule has 2 heterocycles. The number of aliphatic carboxylic acids is 1. The van der Waals surface area contributed by atoms with E-state index < -0.39 is 23.2 Å². The number of ether oxygens (including phenoxy) is 1. The number of carbonyl (C=O) groups is 2. The lowest BCUT2D eigenvalue weighted by molar-refractivity contribution is -0.317. The van der Waals surface area contributed by atoms with Crippen molar-refractivity contribution in [3.63, 3.8) is 0 Å². The third-order valence-corrected chi connectivity index (χ3v) is 4.29. The van der Waals surface area contributed by atoms with E-state index in [0.717, 1.165) is 5.56 Å². The summed E-state index contributed by atoms with van der Waals surface area (Å²) < 4.78 is 5.34. The second kappa shape index (κ2) is 5.67. The molecule has 1 aliphatic rings. The number of nitrogens with zero attached hydrogens (tertiary/aromatic N) is 1. The van der Waals surface area contributed by atoms with Gasteiger partial charge in [0.05, 0.1) is 11.5 Å². The smallest absolute Gasteiger partial charge is 0.411 e. The first kappa shape index (κ1) is 15.8. The Labute approximate surface area is 128 Å². The van der Waals surface area contributed by atoms with Crippen molar-refractivity contribution in [2.24, 2.45) is 0 Å². The molecule has 1 fully saturated rings. The Morgan fingerprint density at radius 1 is 1.48 bits per heavy atom. The van der Waals surface area contributed by atoms with Gasteiger partial charge in [-0.05, 0) is 56.0 Å². The molecule has 1 aromatic heterocycles. The molecular formula is C15H20NO4S-. The molecule has 0 saturated carbocycles. The van der Waals surface area contributed by atoms with Crippen LogP contribution in [0.3, 0.4) is 0 Å². The zero-order chi connectivity index (χ0) is 15.7. The highest BCUT2D eigenvalue weighted by molar-refractivity contribution is 7.07. The summed E-state index contributed by atoms with van der Waals surface area (Å²) in [5.74, 6) is -1.21. The maximum Gasteiger partial charge on any atom is 0.411 e. The van der Waals surface area contributed by atoms with Crippen LogP contribution in [0, 0.1) is 0 Å². The zero-order valence-electron chi connectivity index (χ0n) is 12.5.